The fraction of sp³-hybridized carbons (Fsp3) is 0.381. The monoisotopic (exact) mass is 726 g/mol. The molecule has 3 aromatic carbocycles. The molecule has 0 spiro atoms. The molecule has 5 aromatic rings. The number of amides is 2. The Kier molecular flexibility index (Phi) is 8.72. The van der Waals surface area contributed by atoms with Gasteiger partial charge in [-0.05, 0) is 105 Å². The number of benzene rings is 3. The van der Waals surface area contributed by atoms with Gasteiger partial charge in [0.2, 0.25) is 0 Å². The maximum Gasteiger partial charge on any atom is 0.410 e. The number of carbonyl (C=O) groups excluding carboxylic acids is 2. The smallest absolute Gasteiger partial charge is 0.410 e. The molecule has 1 saturated carbocycles. The second-order valence-corrected chi connectivity index (χ2v) is 16.0. The third kappa shape index (κ3) is 6.47. The maximum atomic E-state index is 15.8. The van der Waals surface area contributed by atoms with E-state index in [-0.39, 0.29) is 29.9 Å². The molecule has 8 rings (SSSR count). The van der Waals surface area contributed by atoms with Crippen molar-refractivity contribution in [1.29, 1.82) is 5.26 Å². The molecular formula is C42H43FN8O3. The number of halogens is 1. The van der Waals surface area contributed by atoms with Crippen LogP contribution in [0.25, 0.3) is 33.3 Å². The average molecular weight is 727 g/mol. The Morgan fingerprint density at radius 3 is 2.52 bits per heavy atom. The quantitative estimate of drug-likeness (QED) is 0.166. The second kappa shape index (κ2) is 13.3. The van der Waals surface area contributed by atoms with Crippen molar-refractivity contribution in [3.63, 3.8) is 0 Å². The minimum Gasteiger partial charge on any atom is -0.444 e. The number of anilines is 2. The molecule has 1 saturated heterocycles. The van der Waals surface area contributed by atoms with Crippen molar-refractivity contribution in [3.05, 3.63) is 89.1 Å². The van der Waals surface area contributed by atoms with Crippen LogP contribution in [0.4, 0.5) is 20.7 Å². The average Bonchev–Trinajstić information content (AvgIpc) is 3.84. The molecule has 0 bridgehead atoms. The number of nitriles is 1. The molecule has 0 unspecified atom stereocenters. The van der Waals surface area contributed by atoms with Crippen molar-refractivity contribution in [2.75, 3.05) is 24.5 Å². The zero-order chi connectivity index (χ0) is 38.1. The highest BCUT2D eigenvalue weighted by Gasteiger charge is 2.37. The van der Waals surface area contributed by atoms with E-state index in [2.05, 4.69) is 41.1 Å². The molecule has 2 aromatic heterocycles. The van der Waals surface area contributed by atoms with E-state index < -0.39 is 11.4 Å². The highest BCUT2D eigenvalue weighted by atomic mass is 19.1. The summed E-state index contributed by atoms with van der Waals surface area (Å²) in [5.41, 5.74) is 5.04. The topological polar surface area (TPSA) is 120 Å². The first-order valence-corrected chi connectivity index (χ1v) is 18.5. The van der Waals surface area contributed by atoms with Gasteiger partial charge in [-0.25, -0.2) is 14.2 Å². The van der Waals surface area contributed by atoms with Crippen LogP contribution >= 0.6 is 0 Å². The third-order valence-corrected chi connectivity index (χ3v) is 10.6. The largest absolute Gasteiger partial charge is 0.444 e. The number of aromatic nitrogens is 4. The van der Waals surface area contributed by atoms with Gasteiger partial charge in [-0.15, -0.1) is 10.2 Å². The standard InChI is InChI=1S/C42H43FN8O3/c1-24(2)36-22-50(41(53)54-42(3,4)5)14-13-49(36)21-26-16-31-33(43)11-12-35-38(31)32(17-26)40(52)51(35)37-19-28(18-34(46-37)27-8-9-27)29-10-7-25(20-44)15-30(29)39-47-45-23-48(39)6/h7,10-12,15-19,23-24,27,36H,8-9,13-14,21-22H2,1-6H3/t36-/m1/s1. The van der Waals surface area contributed by atoms with Gasteiger partial charge in [0.1, 0.15) is 23.6 Å². The Balaban J connectivity index is 1.16. The predicted octanol–water partition coefficient (Wildman–Crippen LogP) is 7.95. The Hall–Kier alpha value is -5.67. The van der Waals surface area contributed by atoms with Crippen LogP contribution in [0.3, 0.4) is 0 Å². The lowest BCUT2D eigenvalue weighted by Crippen LogP contribution is -2.56. The van der Waals surface area contributed by atoms with Crippen LogP contribution in [-0.4, -0.2) is 72.8 Å². The predicted molar refractivity (Wildman–Crippen MR) is 204 cm³/mol. The van der Waals surface area contributed by atoms with E-state index in [1.807, 2.05) is 56.7 Å². The molecule has 2 fully saturated rings. The minimum atomic E-state index is -0.585. The summed E-state index contributed by atoms with van der Waals surface area (Å²) in [6.45, 7) is 12.0. The van der Waals surface area contributed by atoms with Crippen LogP contribution in [0.15, 0.2) is 60.9 Å². The number of piperazine rings is 1. The summed E-state index contributed by atoms with van der Waals surface area (Å²) >= 11 is 0. The molecule has 276 valence electrons. The normalized spacial score (nSPS) is 17.5. The highest BCUT2D eigenvalue weighted by Crippen LogP contribution is 2.47. The molecule has 12 heteroatoms. The molecular weight excluding hydrogens is 684 g/mol. The summed E-state index contributed by atoms with van der Waals surface area (Å²) in [6, 6.07) is 18.5. The van der Waals surface area contributed by atoms with Crippen LogP contribution in [0, 0.1) is 23.1 Å². The Bertz CT molecular complexity index is 2370. The van der Waals surface area contributed by atoms with E-state index >= 15 is 4.39 Å². The molecule has 3 aliphatic rings. The van der Waals surface area contributed by atoms with Gasteiger partial charge in [-0.3, -0.25) is 14.6 Å². The number of hydrogen-bond donors (Lipinski definition) is 0. The number of nitrogens with zero attached hydrogens (tertiary/aromatic N) is 8. The van der Waals surface area contributed by atoms with Crippen LogP contribution in [-0.2, 0) is 18.3 Å². The summed E-state index contributed by atoms with van der Waals surface area (Å²) in [6.07, 6.45) is 3.30. The van der Waals surface area contributed by atoms with Gasteiger partial charge in [0.15, 0.2) is 5.82 Å². The number of aryl methyl sites for hydroxylation is 1. The van der Waals surface area contributed by atoms with Gasteiger partial charge in [0.25, 0.3) is 5.91 Å². The minimum absolute atomic E-state index is 0.0420. The Labute approximate surface area is 314 Å². The summed E-state index contributed by atoms with van der Waals surface area (Å²) in [5, 5.41) is 19.1. The van der Waals surface area contributed by atoms with Crippen LogP contribution in [0.2, 0.25) is 0 Å². The van der Waals surface area contributed by atoms with Crippen LogP contribution < -0.4 is 4.90 Å². The van der Waals surface area contributed by atoms with Gasteiger partial charge in [0, 0.05) is 67.2 Å². The molecule has 54 heavy (non-hydrogen) atoms. The summed E-state index contributed by atoms with van der Waals surface area (Å²) < 4.78 is 23.2. The van der Waals surface area contributed by atoms with Gasteiger partial charge in [-0.2, -0.15) is 5.26 Å². The van der Waals surface area contributed by atoms with Crippen molar-refractivity contribution in [2.45, 2.75) is 71.6 Å². The van der Waals surface area contributed by atoms with Crippen LogP contribution in [0.1, 0.15) is 80.6 Å². The van der Waals surface area contributed by atoms with Gasteiger partial charge in [-0.1, -0.05) is 19.9 Å². The Morgan fingerprint density at radius 2 is 1.83 bits per heavy atom. The first-order valence-electron chi connectivity index (χ1n) is 18.5. The first kappa shape index (κ1) is 35.4. The fourth-order valence-corrected chi connectivity index (χ4v) is 7.77. The zero-order valence-corrected chi connectivity index (χ0v) is 31.4. The summed E-state index contributed by atoms with van der Waals surface area (Å²) in [7, 11) is 1.85. The van der Waals surface area contributed by atoms with Gasteiger partial charge >= 0.3 is 6.09 Å². The van der Waals surface area contributed by atoms with E-state index in [0.29, 0.717) is 65.4 Å². The van der Waals surface area contributed by atoms with Crippen LogP contribution in [0.5, 0.6) is 0 Å². The lowest BCUT2D eigenvalue weighted by Gasteiger charge is -2.43. The van der Waals surface area contributed by atoms with Crippen molar-refractivity contribution < 1.29 is 18.7 Å². The maximum absolute atomic E-state index is 15.8. The van der Waals surface area contributed by atoms with Crippen molar-refractivity contribution >= 4 is 34.3 Å². The molecule has 2 aliphatic heterocycles. The molecule has 1 atom stereocenters. The fourth-order valence-electron chi connectivity index (χ4n) is 7.77. The molecule has 1 aliphatic carbocycles. The highest BCUT2D eigenvalue weighted by molar-refractivity contribution is 6.27. The lowest BCUT2D eigenvalue weighted by molar-refractivity contribution is -0.00427. The molecule has 2 amide bonds. The zero-order valence-electron chi connectivity index (χ0n) is 31.4. The number of ether oxygens (including phenoxy) is 1. The van der Waals surface area contributed by atoms with E-state index in [1.54, 1.807) is 34.3 Å². The molecule has 11 nitrogen and oxygen atoms in total. The van der Waals surface area contributed by atoms with Gasteiger partial charge < -0.3 is 14.2 Å². The van der Waals surface area contributed by atoms with E-state index in [0.717, 1.165) is 40.8 Å². The third-order valence-electron chi connectivity index (χ3n) is 10.6. The Morgan fingerprint density at radius 1 is 1.04 bits per heavy atom. The number of pyridine rings is 1. The summed E-state index contributed by atoms with van der Waals surface area (Å²) in [4.78, 5) is 38.3. The van der Waals surface area contributed by atoms with E-state index in [1.165, 1.54) is 6.07 Å². The number of rotatable bonds is 7. The summed E-state index contributed by atoms with van der Waals surface area (Å²) in [5.74, 6) is 0.902. The van der Waals surface area contributed by atoms with Crippen molar-refractivity contribution in [1.82, 2.24) is 29.5 Å². The second-order valence-electron chi connectivity index (χ2n) is 16.0. The molecule has 0 N–H and O–H groups in total. The number of hydrogen-bond acceptors (Lipinski definition) is 8. The van der Waals surface area contributed by atoms with E-state index in [9.17, 15) is 14.9 Å². The van der Waals surface area contributed by atoms with E-state index in [4.69, 9.17) is 9.72 Å². The van der Waals surface area contributed by atoms with Crippen molar-refractivity contribution in [2.24, 2.45) is 13.0 Å². The number of carbonyl (C=O) groups is 2. The van der Waals surface area contributed by atoms with Gasteiger partial charge in [0.05, 0.1) is 22.9 Å². The molecule has 4 heterocycles. The molecule has 0 radical (unpaired) electrons. The SMILES string of the molecule is CC(C)[C@H]1CN(C(=O)OC(C)(C)C)CCN1Cc1cc2c3c(ccc(F)c3c1)N(c1cc(-c3ccc(C#N)cc3-c3nncn3C)cc(C3CC3)n1)C2=O. The first-order chi connectivity index (χ1) is 25.8. The van der Waals surface area contributed by atoms with Crippen molar-refractivity contribution in [3.8, 4) is 28.6 Å². The lowest BCUT2D eigenvalue weighted by atomic mass is 9.96.